The second kappa shape index (κ2) is 12.9. The lowest BCUT2D eigenvalue weighted by atomic mass is 10.0. The highest BCUT2D eigenvalue weighted by molar-refractivity contribution is 6.31. The van der Waals surface area contributed by atoms with Gasteiger partial charge in [0.2, 0.25) is 5.91 Å². The molecule has 0 radical (unpaired) electrons. The first-order chi connectivity index (χ1) is 20.3. The number of amides is 1. The molecule has 13 heteroatoms. The van der Waals surface area contributed by atoms with Crippen LogP contribution in [-0.4, -0.2) is 67.2 Å². The Labute approximate surface area is 247 Å². The maximum absolute atomic E-state index is 14.9. The zero-order valence-electron chi connectivity index (χ0n) is 23.4. The van der Waals surface area contributed by atoms with Gasteiger partial charge in [-0.15, -0.1) is 0 Å². The van der Waals surface area contributed by atoms with Gasteiger partial charge in [0.25, 0.3) is 0 Å². The number of likely N-dealkylation sites (N-methyl/N-ethyl adjacent to an activating group) is 1. The number of carbonyl (C=O) groups excluding carboxylic acids is 1. The molecule has 2 aromatic carbocycles. The highest BCUT2D eigenvalue weighted by Gasteiger charge is 2.32. The Kier molecular flexibility index (Phi) is 9.05. The van der Waals surface area contributed by atoms with E-state index >= 15 is 0 Å². The summed E-state index contributed by atoms with van der Waals surface area (Å²) in [7, 11) is 1.57. The van der Waals surface area contributed by atoms with E-state index in [1.807, 2.05) is 6.07 Å². The SMILES string of the molecule is C=CC(=O)Nc1cc(Nc2cc(N3OCC[C@@H]3c3ccc(F)c(Cl)c3F)ncn2)c(OC)cc1N1CCN(CC)CC1. The van der Waals surface area contributed by atoms with Gasteiger partial charge < -0.3 is 25.2 Å². The summed E-state index contributed by atoms with van der Waals surface area (Å²) in [6, 6.07) is 7.22. The third-order valence-corrected chi connectivity index (χ3v) is 7.74. The smallest absolute Gasteiger partial charge is 0.247 e. The highest BCUT2D eigenvalue weighted by atomic mass is 35.5. The van der Waals surface area contributed by atoms with E-state index in [9.17, 15) is 13.6 Å². The van der Waals surface area contributed by atoms with Gasteiger partial charge in [0.1, 0.15) is 34.6 Å². The van der Waals surface area contributed by atoms with Crippen molar-refractivity contribution in [2.24, 2.45) is 0 Å². The van der Waals surface area contributed by atoms with Gasteiger partial charge in [-0.25, -0.2) is 23.8 Å². The molecular formula is C29H32ClF2N7O3. The minimum Gasteiger partial charge on any atom is -0.494 e. The maximum Gasteiger partial charge on any atom is 0.247 e. The average molecular weight is 600 g/mol. The summed E-state index contributed by atoms with van der Waals surface area (Å²) >= 11 is 5.83. The third kappa shape index (κ3) is 6.10. The van der Waals surface area contributed by atoms with Crippen LogP contribution in [0, 0.1) is 11.6 Å². The number of methoxy groups -OCH3 is 1. The third-order valence-electron chi connectivity index (χ3n) is 7.39. The normalized spacial score (nSPS) is 17.3. The Hall–Kier alpha value is -4.00. The summed E-state index contributed by atoms with van der Waals surface area (Å²) in [5.74, 6) is -0.703. The van der Waals surface area contributed by atoms with Crippen LogP contribution in [0.3, 0.4) is 0 Å². The number of nitrogens with zero attached hydrogens (tertiary/aromatic N) is 5. The minimum atomic E-state index is -0.834. The van der Waals surface area contributed by atoms with Gasteiger partial charge in [-0.1, -0.05) is 31.2 Å². The zero-order chi connectivity index (χ0) is 29.8. The molecule has 0 bridgehead atoms. The van der Waals surface area contributed by atoms with Crippen molar-refractivity contribution in [2.75, 3.05) is 67.0 Å². The van der Waals surface area contributed by atoms with Gasteiger partial charge in [0.05, 0.1) is 36.8 Å². The Balaban J connectivity index is 1.44. The molecule has 0 saturated carbocycles. The van der Waals surface area contributed by atoms with Crippen molar-refractivity contribution in [2.45, 2.75) is 19.4 Å². The number of benzene rings is 2. The van der Waals surface area contributed by atoms with E-state index < -0.39 is 22.7 Å². The fourth-order valence-corrected chi connectivity index (χ4v) is 5.31. The molecule has 2 saturated heterocycles. The van der Waals surface area contributed by atoms with Crippen LogP contribution in [-0.2, 0) is 9.63 Å². The number of carbonyl (C=O) groups is 1. The van der Waals surface area contributed by atoms with E-state index in [4.69, 9.17) is 21.2 Å². The number of piperazine rings is 1. The average Bonchev–Trinajstić information content (AvgIpc) is 3.50. The molecule has 3 heterocycles. The number of anilines is 5. The number of hydrogen-bond acceptors (Lipinski definition) is 9. The second-order valence-electron chi connectivity index (χ2n) is 9.80. The van der Waals surface area contributed by atoms with Gasteiger partial charge in [0.15, 0.2) is 5.82 Å². The molecule has 222 valence electrons. The van der Waals surface area contributed by atoms with Crippen molar-refractivity contribution in [3.05, 3.63) is 71.5 Å². The fourth-order valence-electron chi connectivity index (χ4n) is 5.14. The van der Waals surface area contributed by atoms with E-state index in [-0.39, 0.29) is 11.5 Å². The fraction of sp³-hybridized carbons (Fsp3) is 0.345. The summed E-state index contributed by atoms with van der Waals surface area (Å²) in [6.45, 7) is 10.4. The molecule has 5 rings (SSSR count). The molecule has 2 aliphatic rings. The molecule has 2 aliphatic heterocycles. The van der Waals surface area contributed by atoms with E-state index in [0.29, 0.717) is 41.8 Å². The molecular weight excluding hydrogens is 568 g/mol. The minimum absolute atomic E-state index is 0.201. The van der Waals surface area contributed by atoms with Crippen LogP contribution in [0.2, 0.25) is 5.02 Å². The molecule has 2 N–H and O–H groups in total. The van der Waals surface area contributed by atoms with Gasteiger partial charge in [-0.2, -0.15) is 0 Å². The molecule has 3 aromatic rings. The van der Waals surface area contributed by atoms with Crippen LogP contribution in [0.5, 0.6) is 5.75 Å². The van der Waals surface area contributed by atoms with Crippen LogP contribution < -0.4 is 25.3 Å². The lowest BCUT2D eigenvalue weighted by Crippen LogP contribution is -2.46. The predicted octanol–water partition coefficient (Wildman–Crippen LogP) is 5.31. The lowest BCUT2D eigenvalue weighted by Gasteiger charge is -2.36. The zero-order valence-corrected chi connectivity index (χ0v) is 24.1. The summed E-state index contributed by atoms with van der Waals surface area (Å²) < 4.78 is 34.4. The number of aromatic nitrogens is 2. The summed E-state index contributed by atoms with van der Waals surface area (Å²) in [6.07, 6.45) is 3.01. The molecule has 2 fully saturated rings. The molecule has 10 nitrogen and oxygen atoms in total. The topological polar surface area (TPSA) is 95.1 Å². The summed E-state index contributed by atoms with van der Waals surface area (Å²) in [5.41, 5.74) is 2.17. The number of ether oxygens (including phenoxy) is 1. The van der Waals surface area contributed by atoms with Gasteiger partial charge in [-0.3, -0.25) is 9.63 Å². The molecule has 0 spiro atoms. The number of hydroxylamine groups is 1. The Morgan fingerprint density at radius 3 is 2.69 bits per heavy atom. The van der Waals surface area contributed by atoms with E-state index in [2.05, 4.69) is 43.9 Å². The van der Waals surface area contributed by atoms with Crippen molar-refractivity contribution >= 4 is 46.2 Å². The predicted molar refractivity (Wildman–Crippen MR) is 159 cm³/mol. The first-order valence-corrected chi connectivity index (χ1v) is 14.0. The van der Waals surface area contributed by atoms with Crippen molar-refractivity contribution in [1.82, 2.24) is 14.9 Å². The Morgan fingerprint density at radius 2 is 1.98 bits per heavy atom. The maximum atomic E-state index is 14.9. The molecule has 0 unspecified atom stereocenters. The molecule has 0 aliphatic carbocycles. The molecule has 1 amide bonds. The van der Waals surface area contributed by atoms with Crippen LogP contribution in [0.4, 0.5) is 37.5 Å². The van der Waals surface area contributed by atoms with E-state index in [1.165, 1.54) is 23.5 Å². The number of halogens is 3. The molecule has 1 atom stereocenters. The summed E-state index contributed by atoms with van der Waals surface area (Å²) in [4.78, 5) is 31.3. The highest BCUT2D eigenvalue weighted by Crippen LogP contribution is 2.40. The van der Waals surface area contributed by atoms with Gasteiger partial charge in [-0.05, 0) is 24.8 Å². The van der Waals surface area contributed by atoms with Crippen LogP contribution in [0.15, 0.2) is 49.3 Å². The summed E-state index contributed by atoms with van der Waals surface area (Å²) in [5, 5.41) is 7.05. The van der Waals surface area contributed by atoms with Crippen molar-refractivity contribution in [1.29, 1.82) is 0 Å². The van der Waals surface area contributed by atoms with Crippen LogP contribution in [0.1, 0.15) is 24.9 Å². The van der Waals surface area contributed by atoms with E-state index in [1.54, 1.807) is 19.2 Å². The number of rotatable bonds is 9. The Morgan fingerprint density at radius 1 is 1.19 bits per heavy atom. The van der Waals surface area contributed by atoms with Crippen LogP contribution >= 0.6 is 11.6 Å². The number of nitrogens with one attached hydrogen (secondary N) is 2. The van der Waals surface area contributed by atoms with E-state index in [0.717, 1.165) is 44.5 Å². The van der Waals surface area contributed by atoms with Gasteiger partial charge >= 0.3 is 0 Å². The van der Waals surface area contributed by atoms with Crippen molar-refractivity contribution < 1.29 is 23.1 Å². The number of hydrogen-bond donors (Lipinski definition) is 2. The Bertz CT molecular complexity index is 1470. The standard InChI is InChI=1S/C29H32ClF2N7O3/c1-4-27(40)36-20-14-21(24(41-3)15-23(20)38-11-9-37(5-2)10-12-38)35-25-16-26(34-17-33-25)39-22(8-13-42-39)18-6-7-19(31)28(30)29(18)32/h4,6-7,14-17,22H,1,5,8-13H2,2-3H3,(H,36,40)(H,33,34,35)/t22-/m1/s1. The largest absolute Gasteiger partial charge is 0.494 e. The lowest BCUT2D eigenvalue weighted by molar-refractivity contribution is -0.111. The second-order valence-corrected chi connectivity index (χ2v) is 10.2. The van der Waals surface area contributed by atoms with Crippen LogP contribution in [0.25, 0.3) is 0 Å². The molecule has 42 heavy (non-hydrogen) atoms. The van der Waals surface area contributed by atoms with Crippen molar-refractivity contribution in [3.63, 3.8) is 0 Å². The molecule has 1 aromatic heterocycles. The van der Waals surface area contributed by atoms with Gasteiger partial charge in [0, 0.05) is 50.3 Å². The monoisotopic (exact) mass is 599 g/mol. The van der Waals surface area contributed by atoms with Crippen molar-refractivity contribution in [3.8, 4) is 5.75 Å². The first kappa shape index (κ1) is 29.5. The first-order valence-electron chi connectivity index (χ1n) is 13.6. The quantitative estimate of drug-likeness (QED) is 0.251.